The van der Waals surface area contributed by atoms with Crippen molar-refractivity contribution < 1.29 is 19.0 Å². The second-order valence-electron chi connectivity index (χ2n) is 10.3. The summed E-state index contributed by atoms with van der Waals surface area (Å²) in [6.07, 6.45) is 3.12. The Hall–Kier alpha value is -3.14. The summed E-state index contributed by atoms with van der Waals surface area (Å²) < 4.78 is 17.9. The van der Waals surface area contributed by atoms with Crippen molar-refractivity contribution in [2.75, 3.05) is 0 Å². The number of carbonyl (C=O) groups is 1. The fraction of sp³-hybridized carbons (Fsp3) is 0.367. The van der Waals surface area contributed by atoms with E-state index in [0.717, 1.165) is 11.3 Å². The van der Waals surface area contributed by atoms with Gasteiger partial charge in [0.25, 0.3) is 0 Å². The average molecular weight is 463 g/mol. The molecule has 4 rings (SSSR count). The first kappa shape index (κ1) is 25.5. The third-order valence-corrected chi connectivity index (χ3v) is 6.61. The minimum absolute atomic E-state index is 0.154. The molecule has 3 nitrogen and oxygen atoms in total. The standard InChI is InChI=1S/C24H30O3.C6H5F/c1-23(2)13-14-24(3,4)21-15-18(7-11-20(21)23)16-27-19-9-5-17(6-10-19)8-12-22(25)26;7-6-4-2-1-3-5-6/h5-7,9-11,15H,8,12-14,16H2,1-4H3,(H,25,26);1-5H. The van der Waals surface area contributed by atoms with Crippen LogP contribution in [0.5, 0.6) is 5.75 Å². The van der Waals surface area contributed by atoms with E-state index in [1.807, 2.05) is 24.3 Å². The summed E-state index contributed by atoms with van der Waals surface area (Å²) in [6, 6.07) is 22.4. The zero-order chi connectivity index (χ0) is 24.8. The van der Waals surface area contributed by atoms with Gasteiger partial charge in [-0.25, -0.2) is 4.39 Å². The van der Waals surface area contributed by atoms with E-state index < -0.39 is 5.97 Å². The van der Waals surface area contributed by atoms with Gasteiger partial charge in [-0.1, -0.05) is 76.2 Å². The molecular formula is C30H35FO3. The Morgan fingerprint density at radius 2 is 1.44 bits per heavy atom. The molecule has 0 aromatic heterocycles. The fourth-order valence-corrected chi connectivity index (χ4v) is 4.31. The first-order valence-corrected chi connectivity index (χ1v) is 11.8. The van der Waals surface area contributed by atoms with Crippen LogP contribution in [-0.2, 0) is 28.7 Å². The molecule has 0 saturated heterocycles. The van der Waals surface area contributed by atoms with Crippen molar-refractivity contribution in [3.8, 4) is 5.75 Å². The molecule has 0 atom stereocenters. The Kier molecular flexibility index (Phi) is 8.14. The van der Waals surface area contributed by atoms with Gasteiger partial charge in [0, 0.05) is 6.42 Å². The molecule has 0 fully saturated rings. The SMILES string of the molecule is CC1(C)CCC(C)(C)c2cc(COc3ccc(CCC(=O)O)cc3)ccc21.Fc1ccccc1. The predicted molar refractivity (Wildman–Crippen MR) is 135 cm³/mol. The lowest BCUT2D eigenvalue weighted by molar-refractivity contribution is -0.136. The molecule has 0 unspecified atom stereocenters. The Bertz CT molecular complexity index is 1090. The molecule has 0 radical (unpaired) electrons. The van der Waals surface area contributed by atoms with Gasteiger partial charge in [-0.05, 0) is 76.6 Å². The summed E-state index contributed by atoms with van der Waals surface area (Å²) in [5.74, 6) is -0.136. The van der Waals surface area contributed by atoms with Crippen molar-refractivity contribution in [2.45, 2.75) is 70.8 Å². The molecule has 0 aliphatic heterocycles. The minimum atomic E-state index is -0.770. The first-order valence-electron chi connectivity index (χ1n) is 11.8. The van der Waals surface area contributed by atoms with Crippen LogP contribution < -0.4 is 4.74 Å². The third kappa shape index (κ3) is 6.93. The van der Waals surface area contributed by atoms with Gasteiger partial charge in [0.2, 0.25) is 0 Å². The zero-order valence-corrected chi connectivity index (χ0v) is 20.6. The van der Waals surface area contributed by atoms with Gasteiger partial charge in [0.15, 0.2) is 0 Å². The summed E-state index contributed by atoms with van der Waals surface area (Å²) >= 11 is 0. The Labute approximate surface area is 202 Å². The van der Waals surface area contributed by atoms with Crippen molar-refractivity contribution in [2.24, 2.45) is 0 Å². The summed E-state index contributed by atoms with van der Waals surface area (Å²) in [5, 5.41) is 8.77. The molecule has 1 N–H and O–H groups in total. The van der Waals surface area contributed by atoms with Crippen LogP contribution in [0.15, 0.2) is 72.8 Å². The van der Waals surface area contributed by atoms with Crippen LogP contribution in [0.1, 0.15) is 69.2 Å². The van der Waals surface area contributed by atoms with Crippen LogP contribution in [0.4, 0.5) is 4.39 Å². The van der Waals surface area contributed by atoms with Crippen LogP contribution in [0.2, 0.25) is 0 Å². The highest BCUT2D eigenvalue weighted by atomic mass is 19.1. The van der Waals surface area contributed by atoms with E-state index in [0.29, 0.717) is 13.0 Å². The average Bonchev–Trinajstić information content (AvgIpc) is 2.81. The molecule has 0 spiro atoms. The maximum absolute atomic E-state index is 11.9. The second-order valence-corrected chi connectivity index (χ2v) is 10.3. The number of fused-ring (bicyclic) bond motifs is 1. The Morgan fingerprint density at radius 1 is 0.853 bits per heavy atom. The number of rotatable bonds is 6. The van der Waals surface area contributed by atoms with E-state index in [1.165, 1.54) is 41.7 Å². The maximum Gasteiger partial charge on any atom is 0.303 e. The number of ether oxygens (including phenoxy) is 1. The van der Waals surface area contributed by atoms with Gasteiger partial charge in [-0.15, -0.1) is 0 Å². The van der Waals surface area contributed by atoms with Crippen molar-refractivity contribution >= 4 is 5.97 Å². The second kappa shape index (κ2) is 10.9. The summed E-state index contributed by atoms with van der Waals surface area (Å²) in [5.41, 5.74) is 5.55. The Morgan fingerprint density at radius 3 is 2.00 bits per heavy atom. The van der Waals surface area contributed by atoms with E-state index in [9.17, 15) is 9.18 Å². The number of carboxylic acid groups (broad SMARTS) is 1. The van der Waals surface area contributed by atoms with Gasteiger partial charge in [-0.3, -0.25) is 4.79 Å². The van der Waals surface area contributed by atoms with Crippen molar-refractivity contribution in [3.05, 3.63) is 101 Å². The molecule has 180 valence electrons. The lowest BCUT2D eigenvalue weighted by atomic mass is 9.63. The number of benzene rings is 3. The van der Waals surface area contributed by atoms with Crippen molar-refractivity contribution in [3.63, 3.8) is 0 Å². The van der Waals surface area contributed by atoms with Crippen LogP contribution in [0, 0.1) is 5.82 Å². The van der Waals surface area contributed by atoms with E-state index in [2.05, 4.69) is 45.9 Å². The zero-order valence-electron chi connectivity index (χ0n) is 20.6. The maximum atomic E-state index is 11.9. The van der Waals surface area contributed by atoms with Crippen LogP contribution >= 0.6 is 0 Å². The van der Waals surface area contributed by atoms with Gasteiger partial charge in [0.1, 0.15) is 18.2 Å². The monoisotopic (exact) mass is 462 g/mol. The summed E-state index contributed by atoms with van der Waals surface area (Å²) in [6.45, 7) is 9.88. The highest BCUT2D eigenvalue weighted by Crippen LogP contribution is 2.45. The van der Waals surface area contributed by atoms with Crippen LogP contribution in [-0.4, -0.2) is 11.1 Å². The number of aliphatic carboxylic acids is 1. The number of hydrogen-bond donors (Lipinski definition) is 1. The normalized spacial score (nSPS) is 15.4. The lowest BCUT2D eigenvalue weighted by Gasteiger charge is -2.42. The molecular weight excluding hydrogens is 427 g/mol. The molecule has 0 amide bonds. The van der Waals surface area contributed by atoms with Gasteiger partial charge in [-0.2, -0.15) is 0 Å². The number of halogens is 1. The molecule has 0 heterocycles. The first-order chi connectivity index (χ1) is 16.1. The van der Waals surface area contributed by atoms with Crippen LogP contribution in [0.25, 0.3) is 0 Å². The predicted octanol–water partition coefficient (Wildman–Crippen LogP) is 7.46. The molecule has 4 heteroatoms. The molecule has 0 bridgehead atoms. The lowest BCUT2D eigenvalue weighted by Crippen LogP contribution is -2.33. The summed E-state index contributed by atoms with van der Waals surface area (Å²) in [7, 11) is 0. The highest BCUT2D eigenvalue weighted by molar-refractivity contribution is 5.67. The van der Waals surface area contributed by atoms with Gasteiger partial charge >= 0.3 is 5.97 Å². The number of carboxylic acids is 1. The number of hydrogen-bond acceptors (Lipinski definition) is 2. The van der Waals surface area contributed by atoms with E-state index >= 15 is 0 Å². The summed E-state index contributed by atoms with van der Waals surface area (Å²) in [4.78, 5) is 10.7. The fourth-order valence-electron chi connectivity index (χ4n) is 4.31. The highest BCUT2D eigenvalue weighted by Gasteiger charge is 2.36. The molecule has 3 aromatic rings. The topological polar surface area (TPSA) is 46.5 Å². The van der Waals surface area contributed by atoms with E-state index in [4.69, 9.17) is 9.84 Å². The van der Waals surface area contributed by atoms with Crippen molar-refractivity contribution in [1.82, 2.24) is 0 Å². The minimum Gasteiger partial charge on any atom is -0.489 e. The quantitative estimate of drug-likeness (QED) is 0.414. The van der Waals surface area contributed by atoms with E-state index in [1.54, 1.807) is 18.2 Å². The third-order valence-electron chi connectivity index (χ3n) is 6.61. The molecule has 34 heavy (non-hydrogen) atoms. The largest absolute Gasteiger partial charge is 0.489 e. The van der Waals surface area contributed by atoms with Gasteiger partial charge in [0.05, 0.1) is 0 Å². The van der Waals surface area contributed by atoms with Crippen LogP contribution in [0.3, 0.4) is 0 Å². The number of aryl methyl sites for hydroxylation is 1. The molecule has 1 aliphatic rings. The van der Waals surface area contributed by atoms with E-state index in [-0.39, 0.29) is 23.1 Å². The molecule has 0 saturated carbocycles. The Balaban J connectivity index is 0.000000396. The van der Waals surface area contributed by atoms with Crippen molar-refractivity contribution in [1.29, 1.82) is 0 Å². The smallest absolute Gasteiger partial charge is 0.303 e. The molecule has 1 aliphatic carbocycles. The molecule has 3 aromatic carbocycles. The van der Waals surface area contributed by atoms with Gasteiger partial charge < -0.3 is 9.84 Å².